The summed E-state index contributed by atoms with van der Waals surface area (Å²) < 4.78 is 18.4. The van der Waals surface area contributed by atoms with Gasteiger partial charge < -0.3 is 19.1 Å². The van der Waals surface area contributed by atoms with Gasteiger partial charge in [-0.15, -0.1) is 0 Å². The molecule has 0 spiro atoms. The van der Waals surface area contributed by atoms with Gasteiger partial charge in [-0.05, 0) is 75.2 Å². The number of hydrogen-bond donors (Lipinski definition) is 0. The first-order chi connectivity index (χ1) is 13.3. The van der Waals surface area contributed by atoms with E-state index < -0.39 is 5.60 Å². The van der Waals surface area contributed by atoms with Gasteiger partial charge in [-0.2, -0.15) is 0 Å². The second kappa shape index (κ2) is 9.39. The normalized spacial score (nSPS) is 24.1. The van der Waals surface area contributed by atoms with Gasteiger partial charge >= 0.3 is 6.09 Å². The second-order valence-electron chi connectivity index (χ2n) is 8.50. The van der Waals surface area contributed by atoms with Crippen molar-refractivity contribution in [3.05, 3.63) is 17.0 Å². The smallest absolute Gasteiger partial charge is 0.410 e. The second-order valence-corrected chi connectivity index (χ2v) is 9.31. The fourth-order valence-electron chi connectivity index (χ4n) is 3.59. The van der Waals surface area contributed by atoms with Crippen molar-refractivity contribution in [2.75, 3.05) is 13.1 Å². The standard InChI is InChI=1S/C20H30BrN3O4/c1-20(2,3)28-19(25)24-10-8-16(9-11-24)26-14-4-6-15(7-5-14)27-18-13-22-17(21)12-23-18/h12-16H,4-11H2,1-3H3. The Bertz CT molecular complexity index is 634. The SMILES string of the molecule is CC(C)(C)OC(=O)N1CCC(OC2CCC(Oc3cnc(Br)cn3)CC2)CC1. The zero-order chi connectivity index (χ0) is 20.1. The number of aromatic nitrogens is 2. The van der Waals surface area contributed by atoms with Crippen LogP contribution < -0.4 is 4.74 Å². The van der Waals surface area contributed by atoms with E-state index in [0.29, 0.717) is 23.6 Å². The molecule has 2 aliphatic rings. The van der Waals surface area contributed by atoms with E-state index in [1.165, 1.54) is 0 Å². The molecule has 8 heteroatoms. The zero-order valence-corrected chi connectivity index (χ0v) is 18.5. The molecule has 2 heterocycles. The van der Waals surface area contributed by atoms with Crippen molar-refractivity contribution in [2.24, 2.45) is 0 Å². The third-order valence-electron chi connectivity index (χ3n) is 4.98. The number of amides is 1. The van der Waals surface area contributed by atoms with E-state index in [-0.39, 0.29) is 24.4 Å². The van der Waals surface area contributed by atoms with E-state index >= 15 is 0 Å². The molecule has 0 bridgehead atoms. The lowest BCUT2D eigenvalue weighted by Gasteiger charge is -2.36. The predicted octanol–water partition coefficient (Wildman–Crippen LogP) is 4.35. The van der Waals surface area contributed by atoms with Crippen LogP contribution in [-0.4, -0.2) is 58.0 Å². The maximum atomic E-state index is 12.2. The summed E-state index contributed by atoms with van der Waals surface area (Å²) >= 11 is 3.28. The van der Waals surface area contributed by atoms with Crippen LogP contribution in [0.2, 0.25) is 0 Å². The molecule has 28 heavy (non-hydrogen) atoms. The number of rotatable bonds is 4. The first-order valence-corrected chi connectivity index (χ1v) is 10.9. The van der Waals surface area contributed by atoms with Crippen molar-refractivity contribution in [2.45, 2.75) is 83.2 Å². The first-order valence-electron chi connectivity index (χ1n) is 10.1. The van der Waals surface area contributed by atoms with E-state index in [2.05, 4.69) is 25.9 Å². The molecule has 0 N–H and O–H groups in total. The predicted molar refractivity (Wildman–Crippen MR) is 108 cm³/mol. The Morgan fingerprint density at radius 2 is 1.61 bits per heavy atom. The number of carbonyl (C=O) groups excluding carboxylic acids is 1. The molecule has 1 aromatic heterocycles. The lowest BCUT2D eigenvalue weighted by Crippen LogP contribution is -2.44. The van der Waals surface area contributed by atoms with E-state index in [1.807, 2.05) is 20.8 Å². The van der Waals surface area contributed by atoms with E-state index in [1.54, 1.807) is 17.3 Å². The quantitative estimate of drug-likeness (QED) is 0.671. The molecule has 3 rings (SSSR count). The minimum atomic E-state index is -0.451. The fourth-order valence-corrected chi connectivity index (χ4v) is 3.80. The van der Waals surface area contributed by atoms with Crippen molar-refractivity contribution in [1.82, 2.24) is 14.9 Å². The Labute approximate surface area is 175 Å². The monoisotopic (exact) mass is 455 g/mol. The summed E-state index contributed by atoms with van der Waals surface area (Å²) in [5.74, 6) is 0.571. The number of piperidine rings is 1. The van der Waals surface area contributed by atoms with Crippen LogP contribution in [0.15, 0.2) is 17.0 Å². The molecule has 1 aliphatic carbocycles. The van der Waals surface area contributed by atoms with Gasteiger partial charge in [-0.3, -0.25) is 0 Å². The average molecular weight is 456 g/mol. The molecule has 0 unspecified atom stereocenters. The van der Waals surface area contributed by atoms with Gasteiger partial charge in [0.1, 0.15) is 16.3 Å². The van der Waals surface area contributed by atoms with Crippen molar-refractivity contribution >= 4 is 22.0 Å². The summed E-state index contributed by atoms with van der Waals surface area (Å²) in [6.07, 6.45) is 9.35. The van der Waals surface area contributed by atoms with Crippen LogP contribution in [0.1, 0.15) is 59.3 Å². The highest BCUT2D eigenvalue weighted by Crippen LogP contribution is 2.27. The molecule has 1 aromatic rings. The van der Waals surface area contributed by atoms with Gasteiger partial charge in [0.2, 0.25) is 5.88 Å². The van der Waals surface area contributed by atoms with Crippen LogP contribution in [0.3, 0.4) is 0 Å². The highest BCUT2D eigenvalue weighted by atomic mass is 79.9. The summed E-state index contributed by atoms with van der Waals surface area (Å²) in [6.45, 7) is 7.07. The Kier molecular flexibility index (Phi) is 7.15. The number of nitrogens with zero attached hydrogens (tertiary/aromatic N) is 3. The summed E-state index contributed by atoms with van der Waals surface area (Å²) in [6, 6.07) is 0. The van der Waals surface area contributed by atoms with Crippen molar-refractivity contribution in [1.29, 1.82) is 0 Å². The van der Waals surface area contributed by atoms with Gasteiger partial charge in [0, 0.05) is 13.1 Å². The summed E-state index contributed by atoms with van der Waals surface area (Å²) in [7, 11) is 0. The maximum absolute atomic E-state index is 12.2. The zero-order valence-electron chi connectivity index (χ0n) is 16.9. The maximum Gasteiger partial charge on any atom is 0.410 e. The third-order valence-corrected chi connectivity index (χ3v) is 5.39. The van der Waals surface area contributed by atoms with Crippen molar-refractivity contribution in [3.63, 3.8) is 0 Å². The summed E-state index contributed by atoms with van der Waals surface area (Å²) in [4.78, 5) is 22.3. The van der Waals surface area contributed by atoms with Gasteiger partial charge in [-0.25, -0.2) is 14.8 Å². The van der Waals surface area contributed by atoms with Crippen LogP contribution in [0.25, 0.3) is 0 Å². The summed E-state index contributed by atoms with van der Waals surface area (Å²) in [5, 5.41) is 0. The lowest BCUT2D eigenvalue weighted by atomic mass is 9.94. The van der Waals surface area contributed by atoms with E-state index in [9.17, 15) is 4.79 Å². The van der Waals surface area contributed by atoms with Crippen LogP contribution in [-0.2, 0) is 9.47 Å². The molecule has 2 fully saturated rings. The number of hydrogen-bond acceptors (Lipinski definition) is 6. The van der Waals surface area contributed by atoms with Gasteiger partial charge in [0.25, 0.3) is 0 Å². The highest BCUT2D eigenvalue weighted by molar-refractivity contribution is 9.10. The highest BCUT2D eigenvalue weighted by Gasteiger charge is 2.30. The molecular weight excluding hydrogens is 426 g/mol. The van der Waals surface area contributed by atoms with Crippen LogP contribution >= 0.6 is 15.9 Å². The van der Waals surface area contributed by atoms with Crippen LogP contribution in [0.5, 0.6) is 5.88 Å². The molecule has 0 radical (unpaired) electrons. The molecule has 7 nitrogen and oxygen atoms in total. The molecule has 0 atom stereocenters. The van der Waals surface area contributed by atoms with Gasteiger partial charge in [-0.1, -0.05) is 0 Å². The van der Waals surface area contributed by atoms with Crippen molar-refractivity contribution < 1.29 is 19.0 Å². The average Bonchev–Trinajstić information content (AvgIpc) is 2.64. The largest absolute Gasteiger partial charge is 0.473 e. The van der Waals surface area contributed by atoms with E-state index in [4.69, 9.17) is 14.2 Å². The Morgan fingerprint density at radius 1 is 1.00 bits per heavy atom. The number of likely N-dealkylation sites (tertiary alicyclic amines) is 1. The van der Waals surface area contributed by atoms with Crippen molar-refractivity contribution in [3.8, 4) is 5.88 Å². The van der Waals surface area contributed by atoms with Crippen LogP contribution in [0, 0.1) is 0 Å². The number of carbonyl (C=O) groups is 1. The first kappa shape index (κ1) is 21.3. The Balaban J connectivity index is 1.35. The van der Waals surface area contributed by atoms with Crippen LogP contribution in [0.4, 0.5) is 4.79 Å². The number of ether oxygens (including phenoxy) is 3. The van der Waals surface area contributed by atoms with Gasteiger partial charge in [0.15, 0.2) is 0 Å². The fraction of sp³-hybridized carbons (Fsp3) is 0.750. The Morgan fingerprint density at radius 3 is 2.18 bits per heavy atom. The molecular formula is C20H30BrN3O4. The number of halogens is 1. The molecule has 1 aliphatic heterocycles. The molecule has 156 valence electrons. The minimum Gasteiger partial charge on any atom is -0.473 e. The Hall–Kier alpha value is -1.41. The topological polar surface area (TPSA) is 73.8 Å². The molecule has 0 aromatic carbocycles. The molecule has 1 saturated carbocycles. The molecule has 1 saturated heterocycles. The lowest BCUT2D eigenvalue weighted by molar-refractivity contribution is -0.0678. The third kappa shape index (κ3) is 6.58. The van der Waals surface area contributed by atoms with E-state index in [0.717, 1.165) is 38.5 Å². The minimum absolute atomic E-state index is 0.171. The summed E-state index contributed by atoms with van der Waals surface area (Å²) in [5.41, 5.74) is -0.451. The molecule has 1 amide bonds. The van der Waals surface area contributed by atoms with Gasteiger partial charge in [0.05, 0.1) is 24.6 Å².